The van der Waals surface area contributed by atoms with Gasteiger partial charge in [-0.05, 0) is 37.1 Å². The van der Waals surface area contributed by atoms with Crippen LogP contribution in [0.2, 0.25) is 0 Å². The third-order valence-electron chi connectivity index (χ3n) is 3.42. The zero-order valence-electron chi connectivity index (χ0n) is 12.2. The highest BCUT2D eigenvalue weighted by Crippen LogP contribution is 2.34. The maximum absolute atomic E-state index is 5.92. The van der Waals surface area contributed by atoms with Gasteiger partial charge in [-0.25, -0.2) is 0 Å². The van der Waals surface area contributed by atoms with Gasteiger partial charge in [-0.2, -0.15) is 11.8 Å². The molecule has 106 valence electrons. The van der Waals surface area contributed by atoms with Crippen molar-refractivity contribution in [2.24, 2.45) is 5.92 Å². The Morgan fingerprint density at radius 1 is 1.32 bits per heavy atom. The summed E-state index contributed by atoms with van der Waals surface area (Å²) >= 11 is 2.02. The second-order valence-electron chi connectivity index (χ2n) is 5.56. The number of hydrogen-bond acceptors (Lipinski definition) is 3. The number of aryl methyl sites for hydroxylation is 1. The van der Waals surface area contributed by atoms with Crippen molar-refractivity contribution in [2.75, 3.05) is 25.2 Å². The lowest BCUT2D eigenvalue weighted by molar-refractivity contribution is 0.283. The highest BCUT2D eigenvalue weighted by Gasteiger charge is 2.19. The first kappa shape index (κ1) is 14.7. The molecule has 0 saturated carbocycles. The highest BCUT2D eigenvalue weighted by molar-refractivity contribution is 7.99. The Labute approximate surface area is 121 Å². The van der Waals surface area contributed by atoms with E-state index in [1.807, 2.05) is 18.8 Å². The van der Waals surface area contributed by atoms with Crippen LogP contribution >= 0.6 is 11.8 Å². The minimum atomic E-state index is 0.386. The van der Waals surface area contributed by atoms with E-state index in [1.54, 1.807) is 0 Å². The molecule has 2 rings (SSSR count). The van der Waals surface area contributed by atoms with Crippen LogP contribution in [0, 0.1) is 5.92 Å². The molecule has 1 aromatic rings. The van der Waals surface area contributed by atoms with E-state index >= 15 is 0 Å². The largest absolute Gasteiger partial charge is 0.493 e. The van der Waals surface area contributed by atoms with Crippen molar-refractivity contribution < 1.29 is 4.74 Å². The second-order valence-corrected chi connectivity index (χ2v) is 6.63. The lowest BCUT2D eigenvalue weighted by Crippen LogP contribution is -2.22. The third kappa shape index (κ3) is 3.90. The first-order valence-electron chi connectivity index (χ1n) is 7.22. The Hall–Kier alpha value is -0.670. The standard InChI is InChI=1S/C16H25NOS/c1-12(2)10-19-11-15(17-3)14-8-4-6-13-7-5-9-18-16(13)14/h4,6,8,12,15,17H,5,7,9-11H2,1-3H3. The summed E-state index contributed by atoms with van der Waals surface area (Å²) in [6, 6.07) is 6.96. The lowest BCUT2D eigenvalue weighted by atomic mass is 9.99. The first-order valence-corrected chi connectivity index (χ1v) is 8.37. The van der Waals surface area contributed by atoms with Gasteiger partial charge in [0.1, 0.15) is 5.75 Å². The summed E-state index contributed by atoms with van der Waals surface area (Å²) in [5, 5.41) is 3.44. The number of benzene rings is 1. The van der Waals surface area contributed by atoms with E-state index in [0.29, 0.717) is 6.04 Å². The predicted molar refractivity (Wildman–Crippen MR) is 84.2 cm³/mol. The van der Waals surface area contributed by atoms with E-state index in [0.717, 1.165) is 36.9 Å². The quantitative estimate of drug-likeness (QED) is 0.858. The zero-order chi connectivity index (χ0) is 13.7. The van der Waals surface area contributed by atoms with Crippen LogP contribution in [0.1, 0.15) is 37.4 Å². The summed E-state index contributed by atoms with van der Waals surface area (Å²) in [7, 11) is 2.04. The molecule has 1 aliphatic rings. The minimum Gasteiger partial charge on any atom is -0.493 e. The van der Waals surface area contributed by atoms with Gasteiger partial charge in [-0.15, -0.1) is 0 Å². The van der Waals surface area contributed by atoms with E-state index in [9.17, 15) is 0 Å². The molecule has 1 atom stereocenters. The van der Waals surface area contributed by atoms with Crippen LogP contribution < -0.4 is 10.1 Å². The van der Waals surface area contributed by atoms with Crippen molar-refractivity contribution >= 4 is 11.8 Å². The van der Waals surface area contributed by atoms with Crippen LogP contribution in [-0.2, 0) is 6.42 Å². The summed E-state index contributed by atoms with van der Waals surface area (Å²) in [6.07, 6.45) is 2.29. The van der Waals surface area contributed by atoms with Crippen LogP contribution in [0.3, 0.4) is 0 Å². The Morgan fingerprint density at radius 3 is 2.89 bits per heavy atom. The molecular formula is C16H25NOS. The van der Waals surface area contributed by atoms with E-state index in [1.165, 1.54) is 16.9 Å². The van der Waals surface area contributed by atoms with Gasteiger partial charge in [0.25, 0.3) is 0 Å². The maximum Gasteiger partial charge on any atom is 0.127 e. The molecule has 0 amide bonds. The third-order valence-corrected chi connectivity index (χ3v) is 4.89. The summed E-state index contributed by atoms with van der Waals surface area (Å²) in [5.74, 6) is 4.21. The number of fused-ring (bicyclic) bond motifs is 1. The SMILES string of the molecule is CNC(CSCC(C)C)c1cccc2c1OCCC2. The fraction of sp³-hybridized carbons (Fsp3) is 0.625. The average molecular weight is 279 g/mol. The number of para-hydroxylation sites is 1. The van der Waals surface area contributed by atoms with Crippen LogP contribution in [-0.4, -0.2) is 25.2 Å². The van der Waals surface area contributed by atoms with Crippen LogP contribution in [0.25, 0.3) is 0 Å². The van der Waals surface area contributed by atoms with Gasteiger partial charge < -0.3 is 10.1 Å². The van der Waals surface area contributed by atoms with Crippen molar-refractivity contribution in [2.45, 2.75) is 32.7 Å². The van der Waals surface area contributed by atoms with Crippen molar-refractivity contribution in [3.8, 4) is 5.75 Å². The Balaban J connectivity index is 2.09. The van der Waals surface area contributed by atoms with E-state index in [2.05, 4.69) is 37.4 Å². The Morgan fingerprint density at radius 2 is 2.16 bits per heavy atom. The summed E-state index contributed by atoms with van der Waals surface area (Å²) in [5.41, 5.74) is 2.70. The van der Waals surface area contributed by atoms with Crippen LogP contribution in [0.5, 0.6) is 5.75 Å². The zero-order valence-corrected chi connectivity index (χ0v) is 13.1. The molecule has 0 saturated heterocycles. The van der Waals surface area contributed by atoms with E-state index in [-0.39, 0.29) is 0 Å². The molecule has 1 heterocycles. The van der Waals surface area contributed by atoms with Crippen LogP contribution in [0.4, 0.5) is 0 Å². The molecule has 2 nitrogen and oxygen atoms in total. The molecule has 1 aliphatic heterocycles. The fourth-order valence-corrected chi connectivity index (χ4v) is 3.63. The average Bonchev–Trinajstić information content (AvgIpc) is 2.43. The van der Waals surface area contributed by atoms with Gasteiger partial charge in [0.15, 0.2) is 0 Å². The van der Waals surface area contributed by atoms with Gasteiger partial charge in [0.05, 0.1) is 6.61 Å². The van der Waals surface area contributed by atoms with Crippen LogP contribution in [0.15, 0.2) is 18.2 Å². The number of nitrogens with one attached hydrogen (secondary N) is 1. The molecule has 0 spiro atoms. The van der Waals surface area contributed by atoms with Crippen molar-refractivity contribution in [1.29, 1.82) is 0 Å². The molecule has 1 aromatic carbocycles. The molecule has 0 aromatic heterocycles. The smallest absolute Gasteiger partial charge is 0.127 e. The molecular weight excluding hydrogens is 254 g/mol. The molecule has 0 bridgehead atoms. The van der Waals surface area contributed by atoms with Crippen molar-refractivity contribution in [3.63, 3.8) is 0 Å². The van der Waals surface area contributed by atoms with Gasteiger partial charge in [-0.1, -0.05) is 32.0 Å². The van der Waals surface area contributed by atoms with Crippen molar-refractivity contribution in [3.05, 3.63) is 29.3 Å². The number of thioether (sulfide) groups is 1. The highest BCUT2D eigenvalue weighted by atomic mass is 32.2. The first-order chi connectivity index (χ1) is 9.22. The number of ether oxygens (including phenoxy) is 1. The topological polar surface area (TPSA) is 21.3 Å². The summed E-state index contributed by atoms with van der Waals surface area (Å²) in [6.45, 7) is 5.41. The number of hydrogen-bond donors (Lipinski definition) is 1. The molecule has 1 N–H and O–H groups in total. The Kier molecular flexibility index (Phi) is 5.59. The van der Waals surface area contributed by atoms with Gasteiger partial charge in [-0.3, -0.25) is 0 Å². The lowest BCUT2D eigenvalue weighted by Gasteiger charge is -2.25. The van der Waals surface area contributed by atoms with Gasteiger partial charge in [0, 0.05) is 17.4 Å². The molecule has 3 heteroatoms. The summed E-state index contributed by atoms with van der Waals surface area (Å²) < 4.78 is 5.92. The number of rotatable bonds is 6. The molecule has 19 heavy (non-hydrogen) atoms. The molecule has 0 aliphatic carbocycles. The fourth-order valence-electron chi connectivity index (χ4n) is 2.44. The maximum atomic E-state index is 5.92. The minimum absolute atomic E-state index is 0.386. The second kappa shape index (κ2) is 7.20. The van der Waals surface area contributed by atoms with Gasteiger partial charge in [0.2, 0.25) is 0 Å². The monoisotopic (exact) mass is 279 g/mol. The molecule has 1 unspecified atom stereocenters. The summed E-state index contributed by atoms with van der Waals surface area (Å²) in [4.78, 5) is 0. The van der Waals surface area contributed by atoms with Gasteiger partial charge >= 0.3 is 0 Å². The normalized spacial score (nSPS) is 16.0. The molecule has 0 radical (unpaired) electrons. The van der Waals surface area contributed by atoms with E-state index < -0.39 is 0 Å². The Bertz CT molecular complexity index is 406. The molecule has 0 fully saturated rings. The van der Waals surface area contributed by atoms with E-state index in [4.69, 9.17) is 4.74 Å². The van der Waals surface area contributed by atoms with Crippen molar-refractivity contribution in [1.82, 2.24) is 5.32 Å². The predicted octanol–water partition coefficient (Wildman–Crippen LogP) is 3.66.